The summed E-state index contributed by atoms with van der Waals surface area (Å²) >= 11 is 0. The first-order valence-electron chi connectivity index (χ1n) is 15.1. The largest absolute Gasteiger partial charge is 0.357 e. The van der Waals surface area contributed by atoms with E-state index in [9.17, 15) is 0 Å². The average molecular weight is 561 g/mol. The number of aromatic amines is 2. The summed E-state index contributed by atoms with van der Waals surface area (Å²) in [5.41, 5.74) is 9.28. The van der Waals surface area contributed by atoms with E-state index in [2.05, 4.69) is 75.3 Å². The van der Waals surface area contributed by atoms with Crippen molar-refractivity contribution < 1.29 is 0 Å². The molecule has 0 radical (unpaired) electrons. The number of aromatic nitrogens is 5. The number of hydrogen-bond donors (Lipinski definition) is 2. The van der Waals surface area contributed by atoms with E-state index in [1.807, 2.05) is 56.6 Å². The normalized spacial score (nSPS) is 14.6. The van der Waals surface area contributed by atoms with E-state index in [-0.39, 0.29) is 0 Å². The molecule has 0 aromatic carbocycles. The molecule has 6 heteroatoms. The number of aryl methyl sites for hydroxylation is 2. The van der Waals surface area contributed by atoms with Gasteiger partial charge in [0, 0.05) is 40.6 Å². The highest BCUT2D eigenvalue weighted by Crippen LogP contribution is 2.28. The summed E-state index contributed by atoms with van der Waals surface area (Å²) in [5, 5.41) is 9.49. The molecule has 0 unspecified atom stereocenters. The summed E-state index contributed by atoms with van der Waals surface area (Å²) in [6.07, 6.45) is 18.6. The molecule has 42 heavy (non-hydrogen) atoms. The van der Waals surface area contributed by atoms with Crippen LogP contribution >= 0.6 is 0 Å². The van der Waals surface area contributed by atoms with Crippen molar-refractivity contribution in [2.24, 2.45) is 0 Å². The molecule has 1 saturated heterocycles. The molecule has 0 saturated carbocycles. The lowest BCUT2D eigenvalue weighted by Crippen LogP contribution is -2.21. The molecule has 1 fully saturated rings. The first-order chi connectivity index (χ1) is 20.5. The minimum atomic E-state index is 0.798. The summed E-state index contributed by atoms with van der Waals surface area (Å²) in [7, 11) is 0. The quantitative estimate of drug-likeness (QED) is 0.218. The summed E-state index contributed by atoms with van der Waals surface area (Å²) in [6.45, 7) is 20.1. The van der Waals surface area contributed by atoms with Crippen molar-refractivity contribution in [2.45, 2.75) is 53.4 Å². The topological polar surface area (TPSA) is 73.5 Å². The molecular weight excluding hydrogens is 516 g/mol. The Morgan fingerprint density at radius 3 is 2.64 bits per heavy atom. The van der Waals surface area contributed by atoms with Crippen molar-refractivity contribution in [2.75, 3.05) is 19.6 Å². The summed E-state index contributed by atoms with van der Waals surface area (Å²) in [4.78, 5) is 15.1. The molecule has 0 spiro atoms. The van der Waals surface area contributed by atoms with Crippen molar-refractivity contribution >= 4 is 23.8 Å². The third-order valence-electron chi connectivity index (χ3n) is 7.57. The predicted octanol–water partition coefficient (Wildman–Crippen LogP) is 6.47. The predicted molar refractivity (Wildman–Crippen MR) is 177 cm³/mol. The van der Waals surface area contributed by atoms with Crippen LogP contribution in [0.1, 0.15) is 68.1 Å². The molecule has 5 heterocycles. The van der Waals surface area contributed by atoms with E-state index in [0.29, 0.717) is 0 Å². The second kappa shape index (κ2) is 15.1. The first-order valence-corrected chi connectivity index (χ1v) is 15.1. The van der Waals surface area contributed by atoms with Gasteiger partial charge in [-0.25, -0.2) is 0 Å². The number of nitrogens with zero attached hydrogens (tertiary/aromatic N) is 4. The van der Waals surface area contributed by atoms with Gasteiger partial charge in [-0.1, -0.05) is 51.3 Å². The number of pyridine rings is 2. The Kier molecular flexibility index (Phi) is 11.0. The van der Waals surface area contributed by atoms with Crippen LogP contribution in [-0.2, 0) is 6.42 Å². The van der Waals surface area contributed by atoms with Crippen LogP contribution in [0.5, 0.6) is 0 Å². The number of allylic oxidation sites excluding steroid dienone is 4. The van der Waals surface area contributed by atoms with Gasteiger partial charge in [-0.05, 0) is 106 Å². The van der Waals surface area contributed by atoms with Gasteiger partial charge in [0.2, 0.25) is 0 Å². The molecule has 218 valence electrons. The van der Waals surface area contributed by atoms with Crippen LogP contribution in [0, 0.1) is 6.92 Å². The molecule has 6 nitrogen and oxygen atoms in total. The van der Waals surface area contributed by atoms with E-state index < -0.39 is 0 Å². The van der Waals surface area contributed by atoms with Crippen LogP contribution in [0.25, 0.3) is 35.2 Å². The third kappa shape index (κ3) is 7.51. The maximum absolute atomic E-state index is 4.60. The van der Waals surface area contributed by atoms with Crippen LogP contribution in [0.4, 0.5) is 0 Å². The van der Waals surface area contributed by atoms with Crippen molar-refractivity contribution in [3.05, 3.63) is 112 Å². The van der Waals surface area contributed by atoms with Crippen molar-refractivity contribution in [3.8, 4) is 11.4 Å². The summed E-state index contributed by atoms with van der Waals surface area (Å²) < 4.78 is 0. The van der Waals surface area contributed by atoms with E-state index in [1.165, 1.54) is 44.5 Å². The average Bonchev–Trinajstić information content (AvgIpc) is 3.77. The first kappa shape index (κ1) is 30.7. The SMILES string of the molecule is C=C/C=C(/c1ccccn1)c1cc(-c2n[nH]/c(=C/C=C(\C)c3cncc(CCCN4CCCC4)c3)c2=C)[nH]c1C.CC. The molecule has 1 aliphatic heterocycles. The Morgan fingerprint density at radius 1 is 1.10 bits per heavy atom. The van der Waals surface area contributed by atoms with Gasteiger partial charge in [0.1, 0.15) is 5.69 Å². The Hall–Kier alpha value is -4.29. The molecule has 4 aromatic heterocycles. The van der Waals surface area contributed by atoms with Gasteiger partial charge in [-0.2, -0.15) is 5.10 Å². The number of rotatable bonds is 10. The van der Waals surface area contributed by atoms with Gasteiger partial charge in [-0.15, -0.1) is 0 Å². The van der Waals surface area contributed by atoms with Crippen molar-refractivity contribution in [3.63, 3.8) is 0 Å². The number of nitrogens with one attached hydrogen (secondary N) is 2. The second-order valence-electron chi connectivity index (χ2n) is 10.5. The second-order valence-corrected chi connectivity index (χ2v) is 10.5. The monoisotopic (exact) mass is 560 g/mol. The lowest BCUT2D eigenvalue weighted by molar-refractivity contribution is 0.334. The van der Waals surface area contributed by atoms with Gasteiger partial charge >= 0.3 is 0 Å². The lowest BCUT2D eigenvalue weighted by atomic mass is 10.0. The Morgan fingerprint density at radius 2 is 1.90 bits per heavy atom. The van der Waals surface area contributed by atoms with E-state index in [4.69, 9.17) is 0 Å². The fraction of sp³-hybridized carbons (Fsp3) is 0.306. The number of hydrogen-bond acceptors (Lipinski definition) is 4. The van der Waals surface area contributed by atoms with E-state index >= 15 is 0 Å². The Bertz CT molecular complexity index is 1630. The van der Waals surface area contributed by atoms with E-state index in [0.717, 1.165) is 62.0 Å². The molecule has 0 aliphatic carbocycles. The standard InChI is InChI=1S/C34H38N6.C2H6/c1-5-11-29(32-13-6-7-16-36-32)30-21-33(37-26(30)4)34-25(3)31(38-39-34)15-14-24(2)28-20-27(22-35-23-28)12-10-19-40-17-8-9-18-40;1-2/h5-7,11,13-16,20-23,37-38H,1,3,8-10,12,17-19H2,2,4H3;1-2H3/b24-14+,29-11+,31-15+;. The zero-order valence-corrected chi connectivity index (χ0v) is 25.6. The summed E-state index contributed by atoms with van der Waals surface area (Å²) in [6, 6.07) is 10.3. The third-order valence-corrected chi connectivity index (χ3v) is 7.57. The smallest absolute Gasteiger partial charge is 0.116 e. The zero-order valence-electron chi connectivity index (χ0n) is 25.6. The van der Waals surface area contributed by atoms with E-state index in [1.54, 1.807) is 12.3 Å². The fourth-order valence-corrected chi connectivity index (χ4v) is 5.32. The van der Waals surface area contributed by atoms with Gasteiger partial charge < -0.3 is 9.88 Å². The van der Waals surface area contributed by atoms with Gasteiger partial charge in [0.15, 0.2) is 0 Å². The molecule has 2 N–H and O–H groups in total. The molecule has 0 atom stereocenters. The van der Waals surface area contributed by atoms with Gasteiger partial charge in [0.05, 0.1) is 16.7 Å². The van der Waals surface area contributed by atoms with Gasteiger partial charge in [0.25, 0.3) is 0 Å². The minimum absolute atomic E-state index is 0.798. The number of H-pyrrole nitrogens is 2. The molecule has 5 rings (SSSR count). The maximum Gasteiger partial charge on any atom is 0.116 e. The minimum Gasteiger partial charge on any atom is -0.357 e. The van der Waals surface area contributed by atoms with Gasteiger partial charge in [-0.3, -0.25) is 15.1 Å². The van der Waals surface area contributed by atoms with Crippen LogP contribution in [-0.4, -0.2) is 49.7 Å². The zero-order chi connectivity index (χ0) is 29.9. The highest BCUT2D eigenvalue weighted by atomic mass is 15.1. The van der Waals surface area contributed by atoms with Crippen LogP contribution in [0.2, 0.25) is 0 Å². The highest BCUT2D eigenvalue weighted by molar-refractivity contribution is 5.82. The molecule has 4 aromatic rings. The Labute approximate surface area is 250 Å². The van der Waals surface area contributed by atoms with Crippen LogP contribution in [0.15, 0.2) is 73.7 Å². The molecule has 0 bridgehead atoms. The van der Waals surface area contributed by atoms with Crippen LogP contribution in [0.3, 0.4) is 0 Å². The van der Waals surface area contributed by atoms with Crippen molar-refractivity contribution in [1.82, 2.24) is 30.0 Å². The number of likely N-dealkylation sites (tertiary alicyclic amines) is 1. The summed E-state index contributed by atoms with van der Waals surface area (Å²) in [5.74, 6) is 0. The molecule has 1 aliphatic rings. The Balaban J connectivity index is 0.00000198. The fourth-order valence-electron chi connectivity index (χ4n) is 5.32. The molecular formula is C36H44N6. The highest BCUT2D eigenvalue weighted by Gasteiger charge is 2.15. The van der Waals surface area contributed by atoms with Crippen LogP contribution < -0.4 is 10.6 Å². The maximum atomic E-state index is 4.60. The lowest BCUT2D eigenvalue weighted by Gasteiger charge is -2.14. The molecule has 0 amide bonds. The van der Waals surface area contributed by atoms with Crippen molar-refractivity contribution in [1.29, 1.82) is 0 Å².